The van der Waals surface area contributed by atoms with E-state index in [1.807, 2.05) is 11.8 Å². The van der Waals surface area contributed by atoms with Crippen LogP contribution in [0.4, 0.5) is 22.9 Å². The summed E-state index contributed by atoms with van der Waals surface area (Å²) in [5.41, 5.74) is 0.682. The maximum Gasteiger partial charge on any atom is 0.294 e. The number of piperazine rings is 1. The molecule has 11 heteroatoms. The molecule has 3 rings (SSSR count). The second-order valence-electron chi connectivity index (χ2n) is 6.16. The molecule has 2 N–H and O–H groups in total. The van der Waals surface area contributed by atoms with Gasteiger partial charge in [-0.15, -0.1) is 12.4 Å². The van der Waals surface area contributed by atoms with E-state index >= 15 is 0 Å². The van der Waals surface area contributed by atoms with Crippen molar-refractivity contribution in [2.75, 3.05) is 29.9 Å². The molecule has 1 aromatic carbocycles. The topological polar surface area (TPSA) is 105 Å². The lowest BCUT2D eigenvalue weighted by atomic mass is 10.1. The predicted octanol–water partition coefficient (Wildman–Crippen LogP) is 2.41. The van der Waals surface area contributed by atoms with Gasteiger partial charge in [-0.25, -0.2) is 4.98 Å². The van der Waals surface area contributed by atoms with E-state index in [4.69, 9.17) is 0 Å². The average molecular weight is 460 g/mol. The second kappa shape index (κ2) is 8.68. The van der Waals surface area contributed by atoms with Gasteiger partial charge in [0.05, 0.1) is 4.92 Å². The van der Waals surface area contributed by atoms with Crippen molar-refractivity contribution < 1.29 is 4.92 Å². The zero-order chi connectivity index (χ0) is 18.8. The molecule has 0 unspecified atom stereocenters. The number of nitrogens with one attached hydrogen (secondary N) is 2. The SMILES string of the molecule is C[C@H]1CNCCN1c1ccc(Nc2nc(Br)cn(C)c2=O)cc1[N+](=O)[O-].Cl. The van der Waals surface area contributed by atoms with E-state index in [1.165, 1.54) is 10.6 Å². The summed E-state index contributed by atoms with van der Waals surface area (Å²) in [5, 5.41) is 17.7. The van der Waals surface area contributed by atoms with Gasteiger partial charge in [-0.2, -0.15) is 0 Å². The number of benzene rings is 1. The number of halogens is 2. The van der Waals surface area contributed by atoms with E-state index in [0.29, 0.717) is 22.5 Å². The molecule has 1 aromatic heterocycles. The summed E-state index contributed by atoms with van der Waals surface area (Å²) < 4.78 is 1.87. The van der Waals surface area contributed by atoms with Gasteiger partial charge in [-0.05, 0) is 35.0 Å². The normalized spacial score (nSPS) is 16.6. The smallest absolute Gasteiger partial charge is 0.294 e. The van der Waals surface area contributed by atoms with E-state index in [1.54, 1.807) is 25.4 Å². The minimum atomic E-state index is -0.401. The monoisotopic (exact) mass is 458 g/mol. The summed E-state index contributed by atoms with van der Waals surface area (Å²) in [7, 11) is 1.61. The first kappa shape index (κ1) is 21.1. The Labute approximate surface area is 170 Å². The highest BCUT2D eigenvalue weighted by Crippen LogP contribution is 2.33. The third kappa shape index (κ3) is 4.57. The number of hydrogen-bond donors (Lipinski definition) is 2. The van der Waals surface area contributed by atoms with E-state index in [-0.39, 0.29) is 35.5 Å². The number of nitrogens with zero attached hydrogens (tertiary/aromatic N) is 4. The van der Waals surface area contributed by atoms with Crippen LogP contribution in [0.3, 0.4) is 0 Å². The molecule has 2 aromatic rings. The van der Waals surface area contributed by atoms with Crippen molar-refractivity contribution in [2.45, 2.75) is 13.0 Å². The van der Waals surface area contributed by atoms with Gasteiger partial charge in [-0.1, -0.05) is 0 Å². The largest absolute Gasteiger partial charge is 0.361 e. The zero-order valence-electron chi connectivity index (χ0n) is 14.8. The molecule has 1 saturated heterocycles. The summed E-state index contributed by atoms with van der Waals surface area (Å²) in [6.07, 6.45) is 1.55. The van der Waals surface area contributed by atoms with Crippen LogP contribution in [0, 0.1) is 10.1 Å². The lowest BCUT2D eigenvalue weighted by molar-refractivity contribution is -0.384. The number of nitro groups is 1. The molecule has 0 bridgehead atoms. The average Bonchev–Trinajstić information content (AvgIpc) is 2.60. The summed E-state index contributed by atoms with van der Waals surface area (Å²) in [6, 6.07) is 5.02. The summed E-state index contributed by atoms with van der Waals surface area (Å²) in [5.74, 6) is 0.0967. The molecule has 2 heterocycles. The van der Waals surface area contributed by atoms with E-state index in [9.17, 15) is 14.9 Å². The van der Waals surface area contributed by atoms with Gasteiger partial charge in [0.1, 0.15) is 10.3 Å². The molecule has 0 amide bonds. The Morgan fingerprint density at radius 1 is 1.44 bits per heavy atom. The summed E-state index contributed by atoms with van der Waals surface area (Å²) in [4.78, 5) is 29.5. The molecule has 146 valence electrons. The van der Waals surface area contributed by atoms with Gasteiger partial charge in [0, 0.05) is 50.7 Å². The highest BCUT2D eigenvalue weighted by Gasteiger charge is 2.26. The van der Waals surface area contributed by atoms with Crippen LogP contribution >= 0.6 is 28.3 Å². The zero-order valence-corrected chi connectivity index (χ0v) is 17.2. The number of aromatic nitrogens is 2. The summed E-state index contributed by atoms with van der Waals surface area (Å²) >= 11 is 3.24. The van der Waals surface area contributed by atoms with Crippen LogP contribution in [-0.2, 0) is 7.05 Å². The Kier molecular flexibility index (Phi) is 6.79. The molecule has 1 atom stereocenters. The first-order chi connectivity index (χ1) is 12.4. The third-order valence-corrected chi connectivity index (χ3v) is 4.67. The maximum atomic E-state index is 12.2. The standard InChI is InChI=1S/C16H19BrN6O3.ClH/c1-10-8-18-5-6-22(10)12-4-3-11(7-13(12)23(25)26)19-15-16(24)21(2)9-14(17)20-15;/h3-4,7,9-10,18H,5-6,8H2,1-2H3,(H,19,20);1H/t10-;/m0./s1. The molecule has 0 aliphatic carbocycles. The fraction of sp³-hybridized carbons (Fsp3) is 0.375. The molecule has 0 spiro atoms. The minimum absolute atomic E-state index is 0. The third-order valence-electron chi connectivity index (χ3n) is 4.29. The molecule has 0 radical (unpaired) electrons. The van der Waals surface area contributed by atoms with Crippen LogP contribution in [0.5, 0.6) is 0 Å². The van der Waals surface area contributed by atoms with Crippen LogP contribution < -0.4 is 21.1 Å². The maximum absolute atomic E-state index is 12.2. The van der Waals surface area contributed by atoms with Crippen molar-refractivity contribution in [2.24, 2.45) is 7.05 Å². The minimum Gasteiger partial charge on any atom is -0.361 e. The number of hydrogen-bond acceptors (Lipinski definition) is 7. The van der Waals surface area contributed by atoms with E-state index in [0.717, 1.165) is 13.1 Å². The Hall–Kier alpha value is -2.17. The lowest BCUT2D eigenvalue weighted by Crippen LogP contribution is -2.50. The van der Waals surface area contributed by atoms with Gasteiger partial charge in [0.15, 0.2) is 5.82 Å². The highest BCUT2D eigenvalue weighted by molar-refractivity contribution is 9.10. The van der Waals surface area contributed by atoms with Crippen LogP contribution in [-0.4, -0.2) is 40.2 Å². The molecular weight excluding hydrogens is 440 g/mol. The van der Waals surface area contributed by atoms with Gasteiger partial charge in [0.25, 0.3) is 11.2 Å². The van der Waals surface area contributed by atoms with Crippen molar-refractivity contribution in [3.05, 3.63) is 49.5 Å². The first-order valence-corrected chi connectivity index (χ1v) is 8.92. The van der Waals surface area contributed by atoms with Crippen molar-refractivity contribution in [1.82, 2.24) is 14.9 Å². The Balaban J connectivity index is 0.00000261. The number of rotatable bonds is 4. The van der Waals surface area contributed by atoms with Crippen LogP contribution in [0.2, 0.25) is 0 Å². The van der Waals surface area contributed by atoms with Crippen LogP contribution in [0.1, 0.15) is 6.92 Å². The number of anilines is 3. The van der Waals surface area contributed by atoms with Crippen LogP contribution in [0.25, 0.3) is 0 Å². The first-order valence-electron chi connectivity index (χ1n) is 8.13. The summed E-state index contributed by atoms with van der Waals surface area (Å²) in [6.45, 7) is 4.27. The van der Waals surface area contributed by atoms with Crippen molar-refractivity contribution in [3.8, 4) is 0 Å². The molecule has 9 nitrogen and oxygen atoms in total. The van der Waals surface area contributed by atoms with E-state index < -0.39 is 4.92 Å². The lowest BCUT2D eigenvalue weighted by Gasteiger charge is -2.35. The van der Waals surface area contributed by atoms with E-state index in [2.05, 4.69) is 31.5 Å². The van der Waals surface area contributed by atoms with Gasteiger partial charge in [-0.3, -0.25) is 14.9 Å². The Bertz CT molecular complexity index is 906. The molecule has 0 saturated carbocycles. The Morgan fingerprint density at radius 3 is 2.85 bits per heavy atom. The molecule has 1 aliphatic rings. The Morgan fingerprint density at radius 2 is 2.19 bits per heavy atom. The van der Waals surface area contributed by atoms with Crippen molar-refractivity contribution in [3.63, 3.8) is 0 Å². The second-order valence-corrected chi connectivity index (χ2v) is 6.97. The quantitative estimate of drug-likeness (QED) is 0.534. The number of aryl methyl sites for hydroxylation is 1. The molecule has 27 heavy (non-hydrogen) atoms. The molecule has 1 aliphatic heterocycles. The fourth-order valence-corrected chi connectivity index (χ4v) is 3.46. The molecular formula is C16H20BrClN6O3. The van der Waals surface area contributed by atoms with Gasteiger partial charge >= 0.3 is 0 Å². The number of nitro benzene ring substituents is 1. The van der Waals surface area contributed by atoms with Crippen molar-refractivity contribution >= 4 is 51.2 Å². The van der Waals surface area contributed by atoms with Crippen molar-refractivity contribution in [1.29, 1.82) is 0 Å². The van der Waals surface area contributed by atoms with Gasteiger partial charge < -0.3 is 20.1 Å². The highest BCUT2D eigenvalue weighted by atomic mass is 79.9. The van der Waals surface area contributed by atoms with Crippen LogP contribution in [0.15, 0.2) is 33.8 Å². The van der Waals surface area contributed by atoms with Gasteiger partial charge in [0.2, 0.25) is 0 Å². The predicted molar refractivity (Wildman–Crippen MR) is 110 cm³/mol. The fourth-order valence-electron chi connectivity index (χ4n) is 2.98. The molecule has 1 fully saturated rings.